The summed E-state index contributed by atoms with van der Waals surface area (Å²) in [7, 11) is 4.33. The second kappa shape index (κ2) is 14.7. The van der Waals surface area contributed by atoms with Crippen LogP contribution < -0.4 is 0 Å². The van der Waals surface area contributed by atoms with Gasteiger partial charge in [0.15, 0.2) is 0 Å². The standard InChI is InChI=1S/C26H38ClN3O.C2H6/c1-21(2)15-25(20-28(3)4)29(19-24-11-5-6-12-26(24)27)17-22-9-7-10-23(16-22)18-30-13-8-14-31-30;1-2/h5-7,9-12,16,21,25H,8,13-15,17-20H2,1-4H3;1-2H3/t25-;/m0./s1. The lowest BCUT2D eigenvalue weighted by atomic mass is 10.00. The third-order valence-corrected chi connectivity index (χ3v) is 6.10. The minimum absolute atomic E-state index is 0.455. The first-order valence-corrected chi connectivity index (χ1v) is 12.9. The van der Waals surface area contributed by atoms with Gasteiger partial charge in [0, 0.05) is 43.8 Å². The topological polar surface area (TPSA) is 19.0 Å². The predicted molar refractivity (Wildman–Crippen MR) is 141 cm³/mol. The molecule has 1 atom stereocenters. The van der Waals surface area contributed by atoms with Crippen molar-refractivity contribution in [3.63, 3.8) is 0 Å². The lowest BCUT2D eigenvalue weighted by molar-refractivity contribution is -0.117. The third-order valence-electron chi connectivity index (χ3n) is 5.73. The van der Waals surface area contributed by atoms with Crippen molar-refractivity contribution in [1.82, 2.24) is 14.9 Å². The highest BCUT2D eigenvalue weighted by atomic mass is 35.5. The summed E-state index contributed by atoms with van der Waals surface area (Å²) in [6.07, 6.45) is 2.27. The molecule has 0 spiro atoms. The van der Waals surface area contributed by atoms with Crippen molar-refractivity contribution in [2.45, 2.75) is 66.2 Å². The lowest BCUT2D eigenvalue weighted by Crippen LogP contribution is -2.42. The van der Waals surface area contributed by atoms with E-state index >= 15 is 0 Å². The summed E-state index contributed by atoms with van der Waals surface area (Å²) in [4.78, 5) is 10.6. The van der Waals surface area contributed by atoms with Gasteiger partial charge in [0.2, 0.25) is 0 Å². The molecule has 2 aromatic rings. The molecule has 33 heavy (non-hydrogen) atoms. The van der Waals surface area contributed by atoms with E-state index in [0.717, 1.165) is 57.2 Å². The van der Waals surface area contributed by atoms with E-state index in [1.165, 1.54) is 16.7 Å². The van der Waals surface area contributed by atoms with E-state index in [0.29, 0.717) is 12.0 Å². The van der Waals surface area contributed by atoms with E-state index in [9.17, 15) is 0 Å². The molecule has 1 heterocycles. The first-order valence-electron chi connectivity index (χ1n) is 12.5. The molecule has 2 aromatic carbocycles. The zero-order valence-electron chi connectivity index (χ0n) is 21.6. The zero-order chi connectivity index (χ0) is 24.2. The Hall–Kier alpha value is -1.43. The number of halogens is 1. The molecule has 0 radical (unpaired) electrons. The average Bonchev–Trinajstić information content (AvgIpc) is 3.28. The maximum absolute atomic E-state index is 6.55. The van der Waals surface area contributed by atoms with Crippen LogP contribution in [0.4, 0.5) is 0 Å². The molecule has 0 unspecified atom stereocenters. The number of nitrogens with zero attached hydrogens (tertiary/aromatic N) is 3. The van der Waals surface area contributed by atoms with Crippen molar-refractivity contribution in [2.75, 3.05) is 33.8 Å². The molecule has 0 aromatic heterocycles. The molecule has 5 heteroatoms. The van der Waals surface area contributed by atoms with Crippen molar-refractivity contribution in [3.8, 4) is 0 Å². The second-order valence-corrected chi connectivity index (χ2v) is 9.82. The first kappa shape index (κ1) is 27.8. The average molecular weight is 474 g/mol. The fourth-order valence-electron chi connectivity index (χ4n) is 4.35. The number of benzene rings is 2. The fraction of sp³-hybridized carbons (Fsp3) is 0.571. The van der Waals surface area contributed by atoms with Crippen molar-refractivity contribution < 1.29 is 4.84 Å². The Kier molecular flexibility index (Phi) is 12.4. The molecule has 3 rings (SSSR count). The Morgan fingerprint density at radius 1 is 1.00 bits per heavy atom. The van der Waals surface area contributed by atoms with Crippen LogP contribution in [0.5, 0.6) is 0 Å². The van der Waals surface area contributed by atoms with E-state index in [1.807, 2.05) is 26.0 Å². The fourth-order valence-corrected chi connectivity index (χ4v) is 4.55. The molecule has 1 aliphatic heterocycles. The minimum atomic E-state index is 0.455. The quantitative estimate of drug-likeness (QED) is 0.371. The van der Waals surface area contributed by atoms with Gasteiger partial charge < -0.3 is 4.90 Å². The van der Waals surface area contributed by atoms with E-state index < -0.39 is 0 Å². The van der Waals surface area contributed by atoms with Crippen LogP contribution in [-0.4, -0.2) is 54.7 Å². The molecular formula is C28H44ClN3O. The smallest absolute Gasteiger partial charge is 0.0698 e. The van der Waals surface area contributed by atoms with Gasteiger partial charge in [0.25, 0.3) is 0 Å². The van der Waals surface area contributed by atoms with Gasteiger partial charge in [0.1, 0.15) is 0 Å². The van der Waals surface area contributed by atoms with Crippen LogP contribution in [0.3, 0.4) is 0 Å². The highest BCUT2D eigenvalue weighted by Crippen LogP contribution is 2.23. The third kappa shape index (κ3) is 9.76. The van der Waals surface area contributed by atoms with Crippen LogP contribution in [0.1, 0.15) is 57.2 Å². The summed E-state index contributed by atoms with van der Waals surface area (Å²) in [5.41, 5.74) is 3.85. The SMILES string of the molecule is CC.CC(C)C[C@@H](CN(C)C)N(Cc1cccc(CN2CCCO2)c1)Cc1ccccc1Cl. The normalized spacial score (nSPS) is 15.2. The zero-order valence-corrected chi connectivity index (χ0v) is 22.3. The first-order chi connectivity index (χ1) is 15.9. The summed E-state index contributed by atoms with van der Waals surface area (Å²) < 4.78 is 0. The monoisotopic (exact) mass is 473 g/mol. The van der Waals surface area contributed by atoms with Crippen molar-refractivity contribution in [2.24, 2.45) is 5.92 Å². The minimum Gasteiger partial charge on any atom is -0.308 e. The maximum atomic E-state index is 6.55. The van der Waals surface area contributed by atoms with Gasteiger partial charge in [-0.25, -0.2) is 0 Å². The molecule has 4 nitrogen and oxygen atoms in total. The Balaban J connectivity index is 0.00000187. The number of hydrogen-bond donors (Lipinski definition) is 0. The van der Waals surface area contributed by atoms with E-state index in [2.05, 4.69) is 79.2 Å². The summed E-state index contributed by atoms with van der Waals surface area (Å²) in [6, 6.07) is 17.7. The van der Waals surface area contributed by atoms with Gasteiger partial charge >= 0.3 is 0 Å². The summed E-state index contributed by atoms with van der Waals surface area (Å²) in [5.74, 6) is 0.636. The van der Waals surface area contributed by atoms with Crippen molar-refractivity contribution in [3.05, 3.63) is 70.2 Å². The van der Waals surface area contributed by atoms with Gasteiger partial charge in [0.05, 0.1) is 6.61 Å². The molecule has 0 bridgehead atoms. The molecule has 1 aliphatic rings. The van der Waals surface area contributed by atoms with Crippen LogP contribution in [0.15, 0.2) is 48.5 Å². The van der Waals surface area contributed by atoms with Crippen LogP contribution in [0, 0.1) is 5.92 Å². The summed E-state index contributed by atoms with van der Waals surface area (Å²) >= 11 is 6.55. The van der Waals surface area contributed by atoms with Crippen LogP contribution in [0.2, 0.25) is 5.02 Å². The highest BCUT2D eigenvalue weighted by molar-refractivity contribution is 6.31. The molecule has 1 fully saturated rings. The van der Waals surface area contributed by atoms with Crippen LogP contribution >= 0.6 is 11.6 Å². The highest BCUT2D eigenvalue weighted by Gasteiger charge is 2.22. The maximum Gasteiger partial charge on any atom is 0.0698 e. The van der Waals surface area contributed by atoms with E-state index in [-0.39, 0.29) is 0 Å². The van der Waals surface area contributed by atoms with Gasteiger partial charge in [-0.05, 0) is 55.6 Å². The van der Waals surface area contributed by atoms with Gasteiger partial charge in [-0.1, -0.05) is 81.8 Å². The van der Waals surface area contributed by atoms with Crippen LogP contribution in [-0.2, 0) is 24.5 Å². The Morgan fingerprint density at radius 3 is 2.36 bits per heavy atom. The largest absolute Gasteiger partial charge is 0.308 e. The van der Waals surface area contributed by atoms with Gasteiger partial charge in [-0.15, -0.1) is 0 Å². The predicted octanol–water partition coefficient (Wildman–Crippen LogP) is 6.48. The van der Waals surface area contributed by atoms with Gasteiger partial charge in [-0.2, -0.15) is 5.06 Å². The number of rotatable bonds is 11. The Bertz CT molecular complexity index is 795. The van der Waals surface area contributed by atoms with Crippen molar-refractivity contribution in [1.29, 1.82) is 0 Å². The molecule has 0 N–H and O–H groups in total. The number of hydrogen-bond acceptors (Lipinski definition) is 4. The number of likely N-dealkylation sites (N-methyl/N-ethyl adjacent to an activating group) is 1. The van der Waals surface area contributed by atoms with Crippen molar-refractivity contribution >= 4 is 11.6 Å². The molecule has 0 saturated carbocycles. The summed E-state index contributed by atoms with van der Waals surface area (Å²) in [5, 5.41) is 2.93. The molecule has 0 aliphatic carbocycles. The lowest BCUT2D eigenvalue weighted by Gasteiger charge is -2.35. The Labute approximate surface area is 207 Å². The molecular weight excluding hydrogens is 430 g/mol. The van der Waals surface area contributed by atoms with Gasteiger partial charge in [-0.3, -0.25) is 9.74 Å². The number of hydroxylamine groups is 2. The van der Waals surface area contributed by atoms with E-state index in [4.69, 9.17) is 16.4 Å². The van der Waals surface area contributed by atoms with Crippen LogP contribution in [0.25, 0.3) is 0 Å². The molecule has 184 valence electrons. The Morgan fingerprint density at radius 2 is 1.73 bits per heavy atom. The molecule has 0 amide bonds. The summed E-state index contributed by atoms with van der Waals surface area (Å²) in [6.45, 7) is 14.1. The second-order valence-electron chi connectivity index (χ2n) is 9.41. The molecule has 1 saturated heterocycles. The van der Waals surface area contributed by atoms with E-state index in [1.54, 1.807) is 0 Å².